The topological polar surface area (TPSA) is 78.9 Å². The van der Waals surface area contributed by atoms with E-state index in [4.69, 9.17) is 14.2 Å². The molecule has 64 heavy (non-hydrogen) atoms. The van der Waals surface area contributed by atoms with Crippen molar-refractivity contribution in [2.75, 3.05) is 13.2 Å². The average molecular weight is 879 g/mol. The van der Waals surface area contributed by atoms with Crippen LogP contribution in [0.25, 0.3) is 0 Å². The summed E-state index contributed by atoms with van der Waals surface area (Å²) >= 11 is 0. The van der Waals surface area contributed by atoms with Crippen molar-refractivity contribution >= 4 is 17.9 Å². The van der Waals surface area contributed by atoms with E-state index in [0.717, 1.165) is 103 Å². The molecule has 354 valence electrons. The number of allylic oxidation sites excluding steroid dienone is 26. The third-order valence-corrected chi connectivity index (χ3v) is 9.55. The van der Waals surface area contributed by atoms with Gasteiger partial charge in [0.25, 0.3) is 0 Å². The molecule has 0 heterocycles. The second-order valence-electron chi connectivity index (χ2n) is 15.5. The van der Waals surface area contributed by atoms with Crippen LogP contribution >= 0.6 is 0 Å². The van der Waals surface area contributed by atoms with Crippen LogP contribution in [0.3, 0.4) is 0 Å². The van der Waals surface area contributed by atoms with Gasteiger partial charge in [0.15, 0.2) is 6.10 Å². The largest absolute Gasteiger partial charge is 0.462 e. The van der Waals surface area contributed by atoms with Crippen LogP contribution in [0.2, 0.25) is 0 Å². The highest BCUT2D eigenvalue weighted by Crippen LogP contribution is 2.13. The quantitative estimate of drug-likeness (QED) is 0.0200. The van der Waals surface area contributed by atoms with Crippen molar-refractivity contribution in [3.8, 4) is 0 Å². The van der Waals surface area contributed by atoms with E-state index in [-0.39, 0.29) is 37.5 Å². The zero-order chi connectivity index (χ0) is 46.5. The van der Waals surface area contributed by atoms with Gasteiger partial charge in [-0.15, -0.1) is 0 Å². The first kappa shape index (κ1) is 59.0. The van der Waals surface area contributed by atoms with Crippen LogP contribution in [0.5, 0.6) is 0 Å². The molecule has 6 heteroatoms. The van der Waals surface area contributed by atoms with E-state index in [0.29, 0.717) is 19.3 Å². The molecule has 0 aliphatic heterocycles. The second kappa shape index (κ2) is 50.7. The molecule has 0 aromatic rings. The Morgan fingerprint density at radius 1 is 0.328 bits per heavy atom. The Morgan fingerprint density at radius 2 is 0.641 bits per heavy atom. The number of carbonyl (C=O) groups excluding carboxylic acids is 3. The van der Waals surface area contributed by atoms with Crippen molar-refractivity contribution in [1.82, 2.24) is 0 Å². The number of unbranched alkanes of at least 4 members (excludes halogenated alkanes) is 13. The van der Waals surface area contributed by atoms with Gasteiger partial charge in [0.05, 0.1) is 0 Å². The van der Waals surface area contributed by atoms with Gasteiger partial charge < -0.3 is 14.2 Å². The maximum absolute atomic E-state index is 12.8. The van der Waals surface area contributed by atoms with E-state index in [9.17, 15) is 14.4 Å². The van der Waals surface area contributed by atoms with Gasteiger partial charge in [0.2, 0.25) is 0 Å². The first-order valence-corrected chi connectivity index (χ1v) is 24.6. The monoisotopic (exact) mass is 879 g/mol. The molecule has 0 spiro atoms. The van der Waals surface area contributed by atoms with E-state index in [1.807, 2.05) is 109 Å². The van der Waals surface area contributed by atoms with E-state index in [1.54, 1.807) is 0 Å². The van der Waals surface area contributed by atoms with Crippen LogP contribution in [0.1, 0.15) is 168 Å². The predicted molar refractivity (Wildman–Crippen MR) is 274 cm³/mol. The molecule has 0 aliphatic carbocycles. The SMILES string of the molecule is CC/C=C/C=C/C=C/C=C/C=C/C=C/C=C/CCCCCC(=O)OCC(COC(=O)CCCCC/C=C/C=C/C=C/C=C/CC)OC(=O)CCCCCCCCC/C=C/C/C=C/CC. The van der Waals surface area contributed by atoms with E-state index < -0.39 is 6.10 Å². The lowest BCUT2D eigenvalue weighted by Crippen LogP contribution is -2.30. The number of rotatable bonds is 41. The zero-order valence-electron chi connectivity index (χ0n) is 40.2. The van der Waals surface area contributed by atoms with Crippen molar-refractivity contribution in [2.45, 2.75) is 175 Å². The summed E-state index contributed by atoms with van der Waals surface area (Å²) in [5.74, 6) is -1.03. The fraction of sp³-hybridized carbons (Fsp3) is 0.500. The van der Waals surface area contributed by atoms with Gasteiger partial charge in [-0.05, 0) is 83.5 Å². The molecule has 0 saturated heterocycles. The Hall–Kier alpha value is -4.97. The zero-order valence-corrected chi connectivity index (χ0v) is 40.2. The molecule has 0 bridgehead atoms. The number of hydrogen-bond donors (Lipinski definition) is 0. The summed E-state index contributed by atoms with van der Waals surface area (Å²) in [7, 11) is 0. The lowest BCUT2D eigenvalue weighted by atomic mass is 10.1. The normalized spacial score (nSPS) is 13.5. The minimum absolute atomic E-state index is 0.125. The van der Waals surface area contributed by atoms with E-state index in [1.165, 1.54) is 19.3 Å². The van der Waals surface area contributed by atoms with E-state index >= 15 is 0 Å². The average Bonchev–Trinajstić information content (AvgIpc) is 3.29. The molecule has 1 unspecified atom stereocenters. The Labute approximate surface area is 390 Å². The highest BCUT2D eigenvalue weighted by Gasteiger charge is 2.19. The predicted octanol–water partition coefficient (Wildman–Crippen LogP) is 16.2. The summed E-state index contributed by atoms with van der Waals surface area (Å²) in [4.78, 5) is 37.9. The Kier molecular flexibility index (Phi) is 46.7. The summed E-state index contributed by atoms with van der Waals surface area (Å²) < 4.78 is 16.7. The molecule has 6 nitrogen and oxygen atoms in total. The van der Waals surface area contributed by atoms with Crippen LogP contribution in [0, 0.1) is 0 Å². The lowest BCUT2D eigenvalue weighted by Gasteiger charge is -2.18. The van der Waals surface area contributed by atoms with Crippen molar-refractivity contribution in [1.29, 1.82) is 0 Å². The summed E-state index contributed by atoms with van der Waals surface area (Å²) in [6, 6.07) is 0. The van der Waals surface area contributed by atoms with Crippen molar-refractivity contribution < 1.29 is 28.6 Å². The van der Waals surface area contributed by atoms with Gasteiger partial charge in [-0.1, -0.05) is 224 Å². The van der Waals surface area contributed by atoms with Gasteiger partial charge in [-0.2, -0.15) is 0 Å². The molecular formula is C58H86O6. The minimum Gasteiger partial charge on any atom is -0.462 e. The lowest BCUT2D eigenvalue weighted by molar-refractivity contribution is -0.167. The van der Waals surface area contributed by atoms with E-state index in [2.05, 4.69) is 69.4 Å². The number of ether oxygens (including phenoxy) is 3. The molecule has 0 amide bonds. The molecule has 0 aromatic heterocycles. The van der Waals surface area contributed by atoms with Gasteiger partial charge in [-0.25, -0.2) is 0 Å². The standard InChI is InChI=1S/C58H86O6/c1-4-7-10-13-16-19-22-25-27-28-29-30-31-34-36-39-42-45-48-51-57(60)63-54-55(53-62-56(59)50-47-44-41-38-35-32-24-21-18-15-12-9-6-3)64-58(61)52-49-46-43-40-37-33-26-23-20-17-14-11-8-5-2/h7-13,15-22,24-25,27-32,34-36,55H,4-6,14,23,26,33,37-54H2,1-3H3/b10-7+,11-8+,12-9+,16-13+,18-15+,20-17+,22-19+,24-21+,27-25+,29-28+,31-30+,35-32+,36-34+. The van der Waals surface area contributed by atoms with Crippen LogP contribution in [-0.4, -0.2) is 37.2 Å². The Balaban J connectivity index is 4.59. The second-order valence-corrected chi connectivity index (χ2v) is 15.5. The minimum atomic E-state index is -0.825. The molecule has 0 N–H and O–H groups in total. The summed E-state index contributed by atoms with van der Waals surface area (Å²) in [5, 5.41) is 0. The third kappa shape index (κ3) is 48.1. The maximum Gasteiger partial charge on any atom is 0.306 e. The van der Waals surface area contributed by atoms with Gasteiger partial charge in [-0.3, -0.25) is 14.4 Å². The maximum atomic E-state index is 12.8. The first-order chi connectivity index (χ1) is 31.5. The Morgan fingerprint density at radius 3 is 1.06 bits per heavy atom. The number of esters is 3. The van der Waals surface area contributed by atoms with Crippen LogP contribution in [-0.2, 0) is 28.6 Å². The summed E-state index contributed by atoms with van der Waals surface area (Å²) in [6.07, 6.45) is 73.6. The van der Waals surface area contributed by atoms with Crippen LogP contribution < -0.4 is 0 Å². The smallest absolute Gasteiger partial charge is 0.306 e. The molecule has 0 aromatic carbocycles. The van der Waals surface area contributed by atoms with Crippen LogP contribution in [0.15, 0.2) is 158 Å². The fourth-order valence-electron chi connectivity index (χ4n) is 5.94. The van der Waals surface area contributed by atoms with Crippen molar-refractivity contribution in [3.05, 3.63) is 158 Å². The highest BCUT2D eigenvalue weighted by molar-refractivity contribution is 5.71. The number of hydrogen-bond acceptors (Lipinski definition) is 6. The van der Waals surface area contributed by atoms with Crippen molar-refractivity contribution in [3.63, 3.8) is 0 Å². The molecule has 0 rings (SSSR count). The molecule has 1 atom stereocenters. The highest BCUT2D eigenvalue weighted by atomic mass is 16.6. The Bertz CT molecular complexity index is 1520. The molecule has 0 radical (unpaired) electrons. The van der Waals surface area contributed by atoms with Crippen molar-refractivity contribution in [2.24, 2.45) is 0 Å². The summed E-state index contributed by atoms with van der Waals surface area (Å²) in [6.45, 7) is 6.13. The fourth-order valence-corrected chi connectivity index (χ4v) is 5.94. The van der Waals surface area contributed by atoms with Gasteiger partial charge in [0.1, 0.15) is 13.2 Å². The molecular weight excluding hydrogens is 793 g/mol. The molecule has 0 fully saturated rings. The summed E-state index contributed by atoms with van der Waals surface area (Å²) in [5.41, 5.74) is 0. The number of carbonyl (C=O) groups is 3. The third-order valence-electron chi connectivity index (χ3n) is 9.55. The van der Waals surface area contributed by atoms with Gasteiger partial charge >= 0.3 is 17.9 Å². The van der Waals surface area contributed by atoms with Crippen LogP contribution in [0.4, 0.5) is 0 Å². The van der Waals surface area contributed by atoms with Gasteiger partial charge in [0, 0.05) is 19.3 Å². The molecule has 0 aliphatic rings. The first-order valence-electron chi connectivity index (χ1n) is 24.6. The molecule has 0 saturated carbocycles.